The molecule has 8 heteroatoms. The molecule has 2 aliphatic rings. The van der Waals surface area contributed by atoms with E-state index in [2.05, 4.69) is 0 Å². The fourth-order valence-corrected chi connectivity index (χ4v) is 2.57. The van der Waals surface area contributed by atoms with Gasteiger partial charge in [-0.25, -0.2) is 0 Å². The van der Waals surface area contributed by atoms with Crippen LogP contribution in [0.15, 0.2) is 11.5 Å². The van der Waals surface area contributed by atoms with Crippen molar-refractivity contribution in [1.29, 1.82) is 0 Å². The lowest BCUT2D eigenvalue weighted by Crippen LogP contribution is -2.40. The van der Waals surface area contributed by atoms with Crippen molar-refractivity contribution in [1.82, 2.24) is 9.80 Å². The van der Waals surface area contributed by atoms with E-state index < -0.39 is 12.5 Å². The van der Waals surface area contributed by atoms with E-state index in [0.29, 0.717) is 31.9 Å². The van der Waals surface area contributed by atoms with Crippen LogP contribution in [0.2, 0.25) is 0 Å². The van der Waals surface area contributed by atoms with Crippen LogP contribution in [-0.4, -0.2) is 66.2 Å². The Balaban J connectivity index is 2.24. The highest BCUT2D eigenvalue weighted by molar-refractivity contribution is 5.14. The van der Waals surface area contributed by atoms with Crippen molar-refractivity contribution in [2.45, 2.75) is 25.4 Å². The zero-order valence-corrected chi connectivity index (χ0v) is 11.1. The monoisotopic (exact) mass is 273 g/mol. The minimum Gasteiger partial charge on any atom is -0.374 e. The Bertz CT molecular complexity index is 383. The average molecular weight is 273 g/mol. The number of nitrogens with zero attached hydrogens (tertiary/aromatic N) is 3. The number of hydrogen-bond acceptors (Lipinski definition) is 7. The quantitative estimate of drug-likeness (QED) is 0.421. The molecule has 2 rings (SSSR count). The van der Waals surface area contributed by atoms with E-state index in [0.717, 1.165) is 0 Å². The molecular weight excluding hydrogens is 254 g/mol. The van der Waals surface area contributed by atoms with Crippen molar-refractivity contribution in [2.24, 2.45) is 0 Å². The number of allylic oxidation sites excluding steroid dienone is 1. The van der Waals surface area contributed by atoms with Gasteiger partial charge in [0.2, 0.25) is 0 Å². The van der Waals surface area contributed by atoms with Gasteiger partial charge in [0.25, 0.3) is 5.70 Å². The highest BCUT2D eigenvalue weighted by Gasteiger charge is 2.41. The third-order valence-electron chi connectivity index (χ3n) is 3.56. The van der Waals surface area contributed by atoms with Crippen LogP contribution in [0.5, 0.6) is 0 Å². The third-order valence-corrected chi connectivity index (χ3v) is 3.56. The Kier molecular flexibility index (Phi) is 4.23. The summed E-state index contributed by atoms with van der Waals surface area (Å²) in [5.74, 6) is 0.503. The molecule has 1 atom stereocenters. The molecule has 108 valence electrons. The van der Waals surface area contributed by atoms with Crippen molar-refractivity contribution < 1.29 is 19.5 Å². The predicted octanol–water partition coefficient (Wildman–Crippen LogP) is -0.219. The molecule has 0 aromatic carbocycles. The molecule has 0 radical (unpaired) electrons. The summed E-state index contributed by atoms with van der Waals surface area (Å²) in [6.45, 7) is 1.60. The SMILES string of the molecule is COC(CN1CCN2C1=C([N+](=O)[O-])CC[C@@H]2O)OC. The minimum atomic E-state index is -0.646. The fraction of sp³-hybridized carbons (Fsp3) is 0.818. The number of ether oxygens (including phenoxy) is 2. The van der Waals surface area contributed by atoms with E-state index in [1.165, 1.54) is 14.2 Å². The molecule has 0 saturated carbocycles. The number of aliphatic hydroxyl groups excluding tert-OH is 1. The molecule has 1 N–H and O–H groups in total. The number of methoxy groups -OCH3 is 2. The lowest BCUT2D eigenvalue weighted by atomic mass is 10.1. The lowest BCUT2D eigenvalue weighted by Gasteiger charge is -2.32. The van der Waals surface area contributed by atoms with Crippen LogP contribution in [0.25, 0.3) is 0 Å². The summed E-state index contributed by atoms with van der Waals surface area (Å²) < 4.78 is 10.3. The van der Waals surface area contributed by atoms with Crippen LogP contribution in [0.4, 0.5) is 0 Å². The Morgan fingerprint density at radius 1 is 1.47 bits per heavy atom. The van der Waals surface area contributed by atoms with E-state index in [4.69, 9.17) is 9.47 Å². The fourth-order valence-electron chi connectivity index (χ4n) is 2.57. The summed E-state index contributed by atoms with van der Waals surface area (Å²) in [5.41, 5.74) is 0.161. The van der Waals surface area contributed by atoms with Crippen molar-refractivity contribution >= 4 is 0 Å². The van der Waals surface area contributed by atoms with Gasteiger partial charge in [0.05, 0.1) is 11.5 Å². The summed E-state index contributed by atoms with van der Waals surface area (Å²) in [6.07, 6.45) is -0.418. The maximum Gasteiger partial charge on any atom is 0.286 e. The number of fused-ring (bicyclic) bond motifs is 1. The summed E-state index contributed by atoms with van der Waals surface area (Å²) in [7, 11) is 3.06. The van der Waals surface area contributed by atoms with Gasteiger partial charge in [-0.15, -0.1) is 0 Å². The van der Waals surface area contributed by atoms with Crippen LogP contribution in [0.3, 0.4) is 0 Å². The molecule has 8 nitrogen and oxygen atoms in total. The molecule has 0 amide bonds. The predicted molar refractivity (Wildman–Crippen MR) is 65.3 cm³/mol. The molecule has 19 heavy (non-hydrogen) atoms. The normalized spacial score (nSPS) is 23.3. The highest BCUT2D eigenvalue weighted by atomic mass is 16.7. The van der Waals surface area contributed by atoms with Gasteiger partial charge in [0.1, 0.15) is 6.23 Å². The topological polar surface area (TPSA) is 88.3 Å². The van der Waals surface area contributed by atoms with Gasteiger partial charge in [-0.3, -0.25) is 10.1 Å². The van der Waals surface area contributed by atoms with E-state index in [-0.39, 0.29) is 17.0 Å². The average Bonchev–Trinajstić information content (AvgIpc) is 2.80. The number of aliphatic hydroxyl groups is 1. The Hall–Kier alpha value is -1.38. The number of hydrogen-bond donors (Lipinski definition) is 1. The van der Waals surface area contributed by atoms with Gasteiger partial charge in [0, 0.05) is 40.2 Å². The second-order valence-electron chi connectivity index (χ2n) is 4.59. The summed E-state index contributed by atoms with van der Waals surface area (Å²) in [6, 6.07) is 0. The van der Waals surface area contributed by atoms with Crippen LogP contribution in [-0.2, 0) is 9.47 Å². The maximum atomic E-state index is 11.1. The van der Waals surface area contributed by atoms with Gasteiger partial charge in [-0.05, 0) is 0 Å². The van der Waals surface area contributed by atoms with Crippen molar-refractivity contribution in [2.75, 3.05) is 33.9 Å². The first-order valence-electron chi connectivity index (χ1n) is 6.21. The van der Waals surface area contributed by atoms with E-state index >= 15 is 0 Å². The molecule has 0 aliphatic carbocycles. The minimum absolute atomic E-state index is 0.161. The molecule has 0 bridgehead atoms. The van der Waals surface area contributed by atoms with E-state index in [1.54, 1.807) is 4.90 Å². The van der Waals surface area contributed by atoms with Crippen LogP contribution in [0, 0.1) is 10.1 Å². The zero-order valence-electron chi connectivity index (χ0n) is 11.1. The highest BCUT2D eigenvalue weighted by Crippen LogP contribution is 2.32. The van der Waals surface area contributed by atoms with Crippen LogP contribution >= 0.6 is 0 Å². The first kappa shape index (κ1) is 14.0. The molecular formula is C11H19N3O5. The molecule has 0 spiro atoms. The summed E-state index contributed by atoms with van der Waals surface area (Å²) in [4.78, 5) is 14.3. The third kappa shape index (κ3) is 2.65. The van der Waals surface area contributed by atoms with Gasteiger partial charge in [-0.1, -0.05) is 0 Å². The first-order chi connectivity index (χ1) is 9.08. The number of nitro groups is 1. The van der Waals surface area contributed by atoms with Gasteiger partial charge >= 0.3 is 0 Å². The molecule has 1 saturated heterocycles. The summed E-state index contributed by atoms with van der Waals surface area (Å²) in [5, 5.41) is 21.0. The lowest BCUT2D eigenvalue weighted by molar-refractivity contribution is -0.433. The largest absolute Gasteiger partial charge is 0.374 e. The van der Waals surface area contributed by atoms with Crippen LogP contribution < -0.4 is 0 Å². The second kappa shape index (κ2) is 5.72. The molecule has 0 unspecified atom stereocenters. The maximum absolute atomic E-state index is 11.1. The van der Waals surface area contributed by atoms with Crippen molar-refractivity contribution in [3.05, 3.63) is 21.6 Å². The Morgan fingerprint density at radius 3 is 2.74 bits per heavy atom. The smallest absolute Gasteiger partial charge is 0.286 e. The Labute approximate surface area is 111 Å². The van der Waals surface area contributed by atoms with Gasteiger partial charge < -0.3 is 24.4 Å². The number of rotatable bonds is 5. The van der Waals surface area contributed by atoms with Crippen molar-refractivity contribution in [3.63, 3.8) is 0 Å². The second-order valence-corrected chi connectivity index (χ2v) is 4.59. The Morgan fingerprint density at radius 2 is 2.16 bits per heavy atom. The molecule has 0 aromatic heterocycles. The zero-order chi connectivity index (χ0) is 14.0. The molecule has 2 aliphatic heterocycles. The molecule has 1 fully saturated rings. The van der Waals surface area contributed by atoms with Crippen LogP contribution in [0.1, 0.15) is 12.8 Å². The van der Waals surface area contributed by atoms with Crippen molar-refractivity contribution in [3.8, 4) is 0 Å². The molecule has 2 heterocycles. The van der Waals surface area contributed by atoms with Gasteiger partial charge in [0.15, 0.2) is 12.1 Å². The van der Waals surface area contributed by atoms with E-state index in [1.807, 2.05) is 4.90 Å². The van der Waals surface area contributed by atoms with Gasteiger partial charge in [-0.2, -0.15) is 0 Å². The summed E-state index contributed by atoms with van der Waals surface area (Å²) >= 11 is 0. The van der Waals surface area contributed by atoms with E-state index in [9.17, 15) is 15.2 Å². The first-order valence-corrected chi connectivity index (χ1v) is 6.21. The standard InChI is InChI=1S/C11H19N3O5/c1-18-10(19-2)7-12-5-6-13-9(15)4-3-8(11(12)13)14(16)17/h9-10,15H,3-7H2,1-2H3/t9-/m0/s1. The molecule has 0 aromatic rings.